The number of carbonyl (C=O) groups is 1. The Labute approximate surface area is 225 Å². The zero-order valence-corrected chi connectivity index (χ0v) is 22.9. The maximum atomic E-state index is 14.0. The Morgan fingerprint density at radius 3 is 2.58 bits per heavy atom. The molecule has 0 fully saturated rings. The van der Waals surface area contributed by atoms with Crippen LogP contribution in [0.1, 0.15) is 46.5 Å². The van der Waals surface area contributed by atoms with Crippen LogP contribution in [0.4, 0.5) is 5.82 Å². The van der Waals surface area contributed by atoms with Gasteiger partial charge in [-0.2, -0.15) is 4.91 Å². The van der Waals surface area contributed by atoms with E-state index in [1.165, 1.54) is 5.56 Å². The van der Waals surface area contributed by atoms with E-state index in [4.69, 9.17) is 10.7 Å². The lowest BCUT2D eigenvalue weighted by atomic mass is 9.97. The number of anilines is 1. The zero-order valence-electron chi connectivity index (χ0n) is 22.9. The average Bonchev–Trinajstić information content (AvgIpc) is 2.92. The maximum absolute atomic E-state index is 14.0. The molecule has 1 aromatic heterocycles. The highest BCUT2D eigenvalue weighted by molar-refractivity contribution is 5.98. The van der Waals surface area contributed by atoms with Crippen molar-refractivity contribution in [2.45, 2.75) is 45.9 Å². The molecule has 0 bridgehead atoms. The van der Waals surface area contributed by atoms with Crippen LogP contribution in [0.2, 0.25) is 0 Å². The normalized spacial score (nSPS) is 13.1. The summed E-state index contributed by atoms with van der Waals surface area (Å²) in [5.74, 6) is 0.516. The molecule has 1 amide bonds. The van der Waals surface area contributed by atoms with Crippen molar-refractivity contribution in [1.82, 2.24) is 14.8 Å². The third-order valence-electron chi connectivity index (χ3n) is 7.27. The van der Waals surface area contributed by atoms with E-state index in [9.17, 15) is 9.70 Å². The van der Waals surface area contributed by atoms with Crippen LogP contribution in [0.15, 0.2) is 59.8 Å². The van der Waals surface area contributed by atoms with E-state index >= 15 is 0 Å². The predicted octanol–water partition coefficient (Wildman–Crippen LogP) is 4.45. The van der Waals surface area contributed by atoms with Crippen molar-refractivity contribution in [2.75, 3.05) is 38.6 Å². The van der Waals surface area contributed by atoms with E-state index in [0.29, 0.717) is 42.3 Å². The number of nitroso groups, excluding NO2 is 1. The largest absolute Gasteiger partial charge is 0.357 e. The highest BCUT2D eigenvalue weighted by Crippen LogP contribution is 2.32. The third kappa shape index (κ3) is 6.09. The molecule has 0 aliphatic carbocycles. The summed E-state index contributed by atoms with van der Waals surface area (Å²) in [5.41, 5.74) is 12.0. The van der Waals surface area contributed by atoms with E-state index < -0.39 is 0 Å². The van der Waals surface area contributed by atoms with Gasteiger partial charge in [-0.1, -0.05) is 47.6 Å². The lowest BCUT2D eigenvalue weighted by Crippen LogP contribution is -2.37. The summed E-state index contributed by atoms with van der Waals surface area (Å²) in [6, 6.07) is 18.4. The second-order valence-electron chi connectivity index (χ2n) is 10.3. The topological polar surface area (TPSA) is 95.1 Å². The van der Waals surface area contributed by atoms with Crippen LogP contribution < -0.4 is 10.6 Å². The molecule has 0 unspecified atom stereocenters. The van der Waals surface area contributed by atoms with Crippen molar-refractivity contribution in [3.63, 3.8) is 0 Å². The molecule has 2 heterocycles. The molecule has 38 heavy (non-hydrogen) atoms. The minimum Gasteiger partial charge on any atom is -0.357 e. The molecule has 0 atom stereocenters. The van der Waals surface area contributed by atoms with Gasteiger partial charge >= 0.3 is 0 Å². The molecule has 200 valence electrons. The second kappa shape index (κ2) is 12.3. The van der Waals surface area contributed by atoms with Gasteiger partial charge < -0.3 is 20.4 Å². The fourth-order valence-corrected chi connectivity index (χ4v) is 4.93. The second-order valence-corrected chi connectivity index (χ2v) is 10.3. The van der Waals surface area contributed by atoms with Crippen LogP contribution in [0.5, 0.6) is 0 Å². The van der Waals surface area contributed by atoms with Gasteiger partial charge in [-0.3, -0.25) is 4.79 Å². The summed E-state index contributed by atoms with van der Waals surface area (Å²) in [7, 11) is 3.98. The number of nitrogens with zero attached hydrogens (tertiary/aromatic N) is 5. The number of pyridine rings is 1. The van der Waals surface area contributed by atoms with Crippen LogP contribution >= 0.6 is 0 Å². The molecule has 2 N–H and O–H groups in total. The Morgan fingerprint density at radius 1 is 1.11 bits per heavy atom. The van der Waals surface area contributed by atoms with Crippen molar-refractivity contribution in [3.8, 4) is 11.3 Å². The van der Waals surface area contributed by atoms with Crippen molar-refractivity contribution in [1.29, 1.82) is 0 Å². The molecule has 0 saturated carbocycles. The van der Waals surface area contributed by atoms with Gasteiger partial charge in [0.1, 0.15) is 12.4 Å². The number of benzene rings is 2. The van der Waals surface area contributed by atoms with Crippen molar-refractivity contribution < 1.29 is 4.79 Å². The molecular weight excluding hydrogens is 476 g/mol. The number of rotatable bonds is 10. The van der Waals surface area contributed by atoms with Gasteiger partial charge in [-0.25, -0.2) is 4.98 Å². The first-order valence-electron chi connectivity index (χ1n) is 13.2. The van der Waals surface area contributed by atoms with Gasteiger partial charge in [-0.05, 0) is 56.1 Å². The first kappa shape index (κ1) is 27.4. The third-order valence-corrected chi connectivity index (χ3v) is 7.27. The fourth-order valence-electron chi connectivity index (χ4n) is 4.93. The minimum atomic E-state index is -0.116. The number of amides is 1. The van der Waals surface area contributed by atoms with Gasteiger partial charge in [-0.15, -0.1) is 0 Å². The number of aromatic nitrogens is 1. The van der Waals surface area contributed by atoms with E-state index in [-0.39, 0.29) is 18.5 Å². The summed E-state index contributed by atoms with van der Waals surface area (Å²) < 4.78 is 0. The van der Waals surface area contributed by atoms with Crippen molar-refractivity contribution >= 4 is 11.7 Å². The molecule has 0 spiro atoms. The summed E-state index contributed by atoms with van der Waals surface area (Å²) in [4.78, 5) is 36.6. The lowest BCUT2D eigenvalue weighted by molar-refractivity contribution is 0.0733. The Bertz CT molecular complexity index is 1290. The lowest BCUT2D eigenvalue weighted by Gasteiger charge is -2.31. The average molecular weight is 515 g/mol. The summed E-state index contributed by atoms with van der Waals surface area (Å²) in [6.07, 6.45) is 0.804. The monoisotopic (exact) mass is 514 g/mol. The Hall–Kier alpha value is -3.62. The maximum Gasteiger partial charge on any atom is 0.254 e. The van der Waals surface area contributed by atoms with Crippen LogP contribution in [-0.2, 0) is 26.1 Å². The van der Waals surface area contributed by atoms with Gasteiger partial charge in [0.2, 0.25) is 0 Å². The first-order valence-corrected chi connectivity index (χ1v) is 13.2. The minimum absolute atomic E-state index is 0.0981. The molecule has 0 saturated heterocycles. The summed E-state index contributed by atoms with van der Waals surface area (Å²) in [5, 5.41) is 3.20. The first-order chi connectivity index (χ1) is 18.3. The van der Waals surface area contributed by atoms with Gasteiger partial charge in [0, 0.05) is 56.9 Å². The molecular formula is C30H38N6O2. The highest BCUT2D eigenvalue weighted by atomic mass is 16.3. The molecule has 3 aromatic rings. The van der Waals surface area contributed by atoms with Crippen molar-refractivity contribution in [2.24, 2.45) is 10.9 Å². The van der Waals surface area contributed by atoms with E-state index in [1.54, 1.807) is 0 Å². The number of nitrogens with two attached hydrogens (primary N) is 1. The molecule has 2 aromatic carbocycles. The number of hydrogen-bond donors (Lipinski definition) is 1. The number of likely N-dealkylation sites (N-methyl/N-ethyl adjacent to an activating group) is 1. The summed E-state index contributed by atoms with van der Waals surface area (Å²) in [6.45, 7) is 7.33. The summed E-state index contributed by atoms with van der Waals surface area (Å²) >= 11 is 0. The fraction of sp³-hybridized carbons (Fsp3) is 0.400. The highest BCUT2D eigenvalue weighted by Gasteiger charge is 2.27. The molecule has 1 aliphatic rings. The molecule has 8 heteroatoms. The van der Waals surface area contributed by atoms with Gasteiger partial charge in [0.05, 0.1) is 11.3 Å². The molecule has 0 radical (unpaired) electrons. The Kier molecular flexibility index (Phi) is 8.86. The zero-order chi connectivity index (χ0) is 27.2. The van der Waals surface area contributed by atoms with Gasteiger partial charge in [0.15, 0.2) is 0 Å². The van der Waals surface area contributed by atoms with Gasteiger partial charge in [0.25, 0.3) is 5.91 Å². The molecule has 4 rings (SSSR count). The number of carbonyl (C=O) groups excluding carboxylic acids is 1. The number of hydrogen-bond acceptors (Lipinski definition) is 7. The quantitative estimate of drug-likeness (QED) is 0.402. The molecule has 8 nitrogen and oxygen atoms in total. The Balaban J connectivity index is 1.79. The smallest absolute Gasteiger partial charge is 0.254 e. The SMILES string of the molecule is CC(C)N(C)c1nc(-c2cccc(CN(C)CCN)c2)cc(C(=O)N2CCc3ccccc3C2)c1CN=O. The van der Waals surface area contributed by atoms with E-state index in [0.717, 1.165) is 36.2 Å². The van der Waals surface area contributed by atoms with Crippen LogP contribution in [-0.4, -0.2) is 60.5 Å². The number of fused-ring (bicyclic) bond motifs is 1. The van der Waals surface area contributed by atoms with Crippen LogP contribution in [0.3, 0.4) is 0 Å². The standard InChI is InChI=1S/C30H38N6O2/c1-21(2)35(4)29-27(18-32-38)26(30(37)36-14-12-23-9-5-6-10-25(23)20-36)17-28(33-29)24-11-7-8-22(16-24)19-34(3)15-13-31/h5-11,16-17,21H,12-15,18-20,31H2,1-4H3. The predicted molar refractivity (Wildman–Crippen MR) is 153 cm³/mol. The van der Waals surface area contributed by atoms with Crippen LogP contribution in [0, 0.1) is 4.91 Å². The van der Waals surface area contributed by atoms with Crippen molar-refractivity contribution in [3.05, 3.63) is 87.3 Å². The van der Waals surface area contributed by atoms with Crippen LogP contribution in [0.25, 0.3) is 11.3 Å². The van der Waals surface area contributed by atoms with E-state index in [1.807, 2.05) is 54.2 Å². The Morgan fingerprint density at radius 2 is 1.87 bits per heavy atom. The molecule has 1 aliphatic heterocycles. The van der Waals surface area contributed by atoms with E-state index in [2.05, 4.69) is 48.2 Å².